The number of benzene rings is 3. The fourth-order valence-electron chi connectivity index (χ4n) is 3.88. The quantitative estimate of drug-likeness (QED) is 0.483. The van der Waals surface area contributed by atoms with Gasteiger partial charge in [0.25, 0.3) is 0 Å². The molecule has 184 valence electrons. The Morgan fingerprint density at radius 1 is 0.857 bits per heavy atom. The molecule has 1 fully saturated rings. The number of nitrogens with one attached hydrogen (secondary N) is 1. The molecule has 0 unspecified atom stereocenters. The summed E-state index contributed by atoms with van der Waals surface area (Å²) >= 11 is 3.41. The first-order valence-corrected chi connectivity index (χ1v) is 14.5. The molecule has 4 rings (SSSR count). The van der Waals surface area contributed by atoms with E-state index in [1.807, 2.05) is 6.92 Å². The Hall–Kier alpha value is -2.57. The molecule has 8 nitrogen and oxygen atoms in total. The molecule has 1 saturated heterocycles. The molecular formula is C24H24BrN3O5S2. The molecule has 1 atom stereocenters. The summed E-state index contributed by atoms with van der Waals surface area (Å²) in [5.41, 5.74) is 1.37. The Bertz CT molecular complexity index is 1430. The van der Waals surface area contributed by atoms with Gasteiger partial charge in [0.1, 0.15) is 6.04 Å². The van der Waals surface area contributed by atoms with Crippen LogP contribution in [0.4, 0.5) is 5.69 Å². The number of hydrogen-bond donors (Lipinski definition) is 1. The van der Waals surface area contributed by atoms with Crippen LogP contribution in [0.3, 0.4) is 0 Å². The summed E-state index contributed by atoms with van der Waals surface area (Å²) in [4.78, 5) is 13.5. The van der Waals surface area contributed by atoms with Crippen LogP contribution in [0.2, 0.25) is 0 Å². The molecule has 0 saturated carbocycles. The highest BCUT2D eigenvalue weighted by Gasteiger charge is 2.43. The maximum Gasteiger partial charge on any atom is 0.244 e. The van der Waals surface area contributed by atoms with E-state index >= 15 is 0 Å². The van der Waals surface area contributed by atoms with Gasteiger partial charge in [0.15, 0.2) is 0 Å². The van der Waals surface area contributed by atoms with Crippen LogP contribution in [-0.4, -0.2) is 57.0 Å². The van der Waals surface area contributed by atoms with Gasteiger partial charge in [-0.2, -0.15) is 8.61 Å². The second-order valence-corrected chi connectivity index (χ2v) is 12.8. The van der Waals surface area contributed by atoms with Gasteiger partial charge in [-0.05, 0) is 55.0 Å². The van der Waals surface area contributed by atoms with Crippen molar-refractivity contribution in [2.75, 3.05) is 25.0 Å². The maximum atomic E-state index is 13.5. The highest BCUT2D eigenvalue weighted by molar-refractivity contribution is 9.10. The minimum atomic E-state index is -4.05. The first-order valence-electron chi connectivity index (χ1n) is 10.8. The zero-order valence-corrected chi connectivity index (χ0v) is 22.1. The smallest absolute Gasteiger partial charge is 0.244 e. The largest absolute Gasteiger partial charge is 0.325 e. The van der Waals surface area contributed by atoms with E-state index in [2.05, 4.69) is 21.2 Å². The Morgan fingerprint density at radius 3 is 2.00 bits per heavy atom. The van der Waals surface area contributed by atoms with Crippen LogP contribution < -0.4 is 5.32 Å². The van der Waals surface area contributed by atoms with Gasteiger partial charge in [-0.1, -0.05) is 52.3 Å². The van der Waals surface area contributed by atoms with E-state index < -0.39 is 32.0 Å². The van der Waals surface area contributed by atoms with Crippen molar-refractivity contribution in [2.24, 2.45) is 0 Å². The molecule has 1 amide bonds. The van der Waals surface area contributed by atoms with E-state index in [0.717, 1.165) is 18.6 Å². The van der Waals surface area contributed by atoms with Gasteiger partial charge in [0, 0.05) is 29.8 Å². The number of hydrogen-bond acceptors (Lipinski definition) is 5. The molecule has 1 heterocycles. The lowest BCUT2D eigenvalue weighted by molar-refractivity contribution is -0.120. The lowest BCUT2D eigenvalue weighted by Crippen LogP contribution is -2.60. The molecular weight excluding hydrogens is 554 g/mol. The molecule has 3 aromatic rings. The first-order chi connectivity index (χ1) is 16.6. The van der Waals surface area contributed by atoms with Gasteiger partial charge >= 0.3 is 0 Å². The molecule has 0 aliphatic carbocycles. The summed E-state index contributed by atoms with van der Waals surface area (Å²) in [5.74, 6) is -0.612. The molecule has 0 bridgehead atoms. The third-order valence-electron chi connectivity index (χ3n) is 5.75. The highest BCUT2D eigenvalue weighted by atomic mass is 79.9. The van der Waals surface area contributed by atoms with Crippen molar-refractivity contribution in [3.8, 4) is 0 Å². The van der Waals surface area contributed by atoms with Crippen LogP contribution in [0, 0.1) is 6.92 Å². The lowest BCUT2D eigenvalue weighted by atomic mass is 10.2. The minimum absolute atomic E-state index is 0.0386. The second-order valence-electron chi connectivity index (χ2n) is 8.07. The van der Waals surface area contributed by atoms with Crippen molar-refractivity contribution >= 4 is 47.6 Å². The van der Waals surface area contributed by atoms with E-state index in [0.29, 0.717) is 5.69 Å². The summed E-state index contributed by atoms with van der Waals surface area (Å²) in [6, 6.07) is 19.6. The van der Waals surface area contributed by atoms with E-state index in [9.17, 15) is 21.6 Å². The summed E-state index contributed by atoms with van der Waals surface area (Å²) < 4.78 is 56.5. The van der Waals surface area contributed by atoms with Crippen LogP contribution in [0.25, 0.3) is 0 Å². The third kappa shape index (κ3) is 5.34. The summed E-state index contributed by atoms with van der Waals surface area (Å²) in [6.45, 7) is 1.30. The number of carbonyl (C=O) groups is 1. The Morgan fingerprint density at radius 2 is 1.43 bits per heavy atom. The van der Waals surface area contributed by atoms with Crippen molar-refractivity contribution in [2.45, 2.75) is 22.8 Å². The number of piperazine rings is 1. The molecule has 0 spiro atoms. The van der Waals surface area contributed by atoms with E-state index in [4.69, 9.17) is 0 Å². The van der Waals surface area contributed by atoms with Gasteiger partial charge in [-0.15, -0.1) is 0 Å². The number of sulfonamides is 2. The van der Waals surface area contributed by atoms with E-state index in [1.165, 1.54) is 24.3 Å². The van der Waals surface area contributed by atoms with Gasteiger partial charge in [-0.3, -0.25) is 4.79 Å². The van der Waals surface area contributed by atoms with Crippen LogP contribution in [0.5, 0.6) is 0 Å². The molecule has 35 heavy (non-hydrogen) atoms. The summed E-state index contributed by atoms with van der Waals surface area (Å²) in [7, 11) is -7.98. The Labute approximate surface area is 213 Å². The van der Waals surface area contributed by atoms with Gasteiger partial charge in [0.05, 0.1) is 9.79 Å². The Kier molecular flexibility index (Phi) is 7.43. The van der Waals surface area contributed by atoms with Crippen molar-refractivity contribution in [1.82, 2.24) is 8.61 Å². The second kappa shape index (κ2) is 10.2. The average molecular weight is 579 g/mol. The van der Waals surface area contributed by atoms with Crippen molar-refractivity contribution in [3.63, 3.8) is 0 Å². The van der Waals surface area contributed by atoms with Gasteiger partial charge < -0.3 is 5.32 Å². The number of carbonyl (C=O) groups excluding carboxylic acids is 1. The van der Waals surface area contributed by atoms with Crippen molar-refractivity contribution in [3.05, 3.63) is 88.9 Å². The normalized spacial score (nSPS) is 17.7. The number of aryl methyl sites for hydroxylation is 1. The third-order valence-corrected chi connectivity index (χ3v) is 10.4. The predicted octanol–water partition coefficient (Wildman–Crippen LogP) is 3.46. The lowest BCUT2D eigenvalue weighted by Gasteiger charge is -2.38. The molecule has 1 aliphatic heterocycles. The summed E-state index contributed by atoms with van der Waals surface area (Å²) in [6.07, 6.45) is 0. The monoisotopic (exact) mass is 577 g/mol. The molecule has 3 aromatic carbocycles. The standard InChI is InChI=1S/C24H24BrN3O5S2/c1-18-16-19(12-13-22(18)25)26-24(29)23-17-27(34(30,31)20-8-4-2-5-9-20)14-15-28(23)35(32,33)21-10-6-3-7-11-21/h2-13,16,23H,14-15,17H2,1H3,(H,26,29)/t23-/m1/s1. The van der Waals surface area contributed by atoms with Crippen LogP contribution in [0.15, 0.2) is 93.1 Å². The highest BCUT2D eigenvalue weighted by Crippen LogP contribution is 2.27. The Balaban J connectivity index is 1.69. The number of nitrogens with zero attached hydrogens (tertiary/aromatic N) is 2. The van der Waals surface area contributed by atoms with Crippen molar-refractivity contribution < 1.29 is 21.6 Å². The molecule has 1 N–H and O–H groups in total. The summed E-state index contributed by atoms with van der Waals surface area (Å²) in [5, 5.41) is 2.76. The maximum absolute atomic E-state index is 13.5. The van der Waals surface area contributed by atoms with Crippen molar-refractivity contribution in [1.29, 1.82) is 0 Å². The topological polar surface area (TPSA) is 104 Å². The predicted molar refractivity (Wildman–Crippen MR) is 137 cm³/mol. The van der Waals surface area contributed by atoms with Gasteiger partial charge in [-0.25, -0.2) is 16.8 Å². The zero-order chi connectivity index (χ0) is 25.2. The van der Waals surface area contributed by atoms with Crippen LogP contribution in [0.1, 0.15) is 5.56 Å². The van der Waals surface area contributed by atoms with Gasteiger partial charge in [0.2, 0.25) is 26.0 Å². The number of amides is 1. The minimum Gasteiger partial charge on any atom is -0.325 e. The average Bonchev–Trinajstić information content (AvgIpc) is 2.87. The zero-order valence-electron chi connectivity index (χ0n) is 18.8. The number of anilines is 1. The van der Waals surface area contributed by atoms with E-state index in [1.54, 1.807) is 54.6 Å². The number of rotatable bonds is 6. The van der Waals surface area contributed by atoms with Crippen LogP contribution in [-0.2, 0) is 24.8 Å². The fourth-order valence-corrected chi connectivity index (χ4v) is 7.17. The molecule has 11 heteroatoms. The van der Waals surface area contributed by atoms with Crippen LogP contribution >= 0.6 is 15.9 Å². The molecule has 0 radical (unpaired) electrons. The fraction of sp³-hybridized carbons (Fsp3) is 0.208. The molecule has 1 aliphatic rings. The molecule has 0 aromatic heterocycles. The first kappa shape index (κ1) is 25.5. The number of halogens is 1. The van der Waals surface area contributed by atoms with E-state index in [-0.39, 0.29) is 29.4 Å². The SMILES string of the molecule is Cc1cc(NC(=O)[C@H]2CN(S(=O)(=O)c3ccccc3)CCN2S(=O)(=O)c2ccccc2)ccc1Br.